The summed E-state index contributed by atoms with van der Waals surface area (Å²) in [7, 11) is 3.45. The SMILES string of the molecule is CN=C(NCCCOCCOC)NCc1ccnc(OC2CCCCC2)c1. The average molecular weight is 379 g/mol. The van der Waals surface area contributed by atoms with Crippen molar-refractivity contribution in [1.29, 1.82) is 0 Å². The first kappa shape index (κ1) is 21.4. The summed E-state index contributed by atoms with van der Waals surface area (Å²) in [5, 5.41) is 6.61. The molecule has 27 heavy (non-hydrogen) atoms. The zero-order chi connectivity index (χ0) is 19.2. The van der Waals surface area contributed by atoms with Crippen LogP contribution in [0.1, 0.15) is 44.1 Å². The van der Waals surface area contributed by atoms with Crippen LogP contribution in [0.25, 0.3) is 0 Å². The number of nitrogens with one attached hydrogen (secondary N) is 2. The minimum Gasteiger partial charge on any atom is -0.474 e. The smallest absolute Gasteiger partial charge is 0.213 e. The van der Waals surface area contributed by atoms with Gasteiger partial charge in [0.25, 0.3) is 0 Å². The standard InChI is InChI=1S/C20H34N4O3/c1-21-20(23-10-6-12-26-14-13-25-2)24-16-17-9-11-22-19(15-17)27-18-7-4-3-5-8-18/h9,11,15,18H,3-8,10,12-14,16H2,1-2H3,(H2,21,23,24). The maximum atomic E-state index is 6.04. The summed E-state index contributed by atoms with van der Waals surface area (Å²) in [6.45, 7) is 3.46. The Balaban J connectivity index is 1.67. The number of aliphatic imine (C=N–C) groups is 1. The molecule has 2 N–H and O–H groups in total. The Hall–Kier alpha value is -1.86. The van der Waals surface area contributed by atoms with Crippen molar-refractivity contribution in [1.82, 2.24) is 15.6 Å². The Morgan fingerprint density at radius 1 is 1.19 bits per heavy atom. The Morgan fingerprint density at radius 2 is 2.04 bits per heavy atom. The van der Waals surface area contributed by atoms with E-state index in [1.807, 2.05) is 18.3 Å². The molecule has 1 fully saturated rings. The monoisotopic (exact) mass is 378 g/mol. The van der Waals surface area contributed by atoms with Crippen LogP contribution in [0, 0.1) is 0 Å². The molecule has 0 saturated heterocycles. The Kier molecular flexibility index (Phi) is 10.6. The first-order valence-corrected chi connectivity index (χ1v) is 9.94. The summed E-state index contributed by atoms with van der Waals surface area (Å²) in [5.74, 6) is 1.50. The average Bonchev–Trinajstić information content (AvgIpc) is 2.70. The predicted molar refractivity (Wildman–Crippen MR) is 107 cm³/mol. The minimum atomic E-state index is 0.315. The Labute approximate surface area is 162 Å². The van der Waals surface area contributed by atoms with Crippen LogP contribution in [-0.4, -0.2) is 57.6 Å². The summed E-state index contributed by atoms with van der Waals surface area (Å²) >= 11 is 0. The third-order valence-electron chi connectivity index (χ3n) is 4.51. The minimum absolute atomic E-state index is 0.315. The molecule has 1 aliphatic carbocycles. The fourth-order valence-corrected chi connectivity index (χ4v) is 3.01. The van der Waals surface area contributed by atoms with Crippen molar-refractivity contribution in [2.24, 2.45) is 4.99 Å². The third kappa shape index (κ3) is 9.06. The third-order valence-corrected chi connectivity index (χ3v) is 4.51. The second-order valence-corrected chi connectivity index (χ2v) is 6.69. The quantitative estimate of drug-likeness (QED) is 0.350. The summed E-state index contributed by atoms with van der Waals surface area (Å²) in [6.07, 6.45) is 9.14. The molecular weight excluding hydrogens is 344 g/mol. The highest BCUT2D eigenvalue weighted by atomic mass is 16.5. The topological polar surface area (TPSA) is 77.0 Å². The molecule has 0 atom stereocenters. The van der Waals surface area contributed by atoms with Gasteiger partial charge >= 0.3 is 0 Å². The number of nitrogens with zero attached hydrogens (tertiary/aromatic N) is 2. The molecule has 152 valence electrons. The van der Waals surface area contributed by atoms with E-state index in [2.05, 4.69) is 20.6 Å². The number of methoxy groups -OCH3 is 1. The molecule has 1 aromatic rings. The van der Waals surface area contributed by atoms with E-state index in [-0.39, 0.29) is 0 Å². The van der Waals surface area contributed by atoms with Crippen LogP contribution < -0.4 is 15.4 Å². The van der Waals surface area contributed by atoms with Crippen LogP contribution >= 0.6 is 0 Å². The first-order valence-electron chi connectivity index (χ1n) is 9.94. The lowest BCUT2D eigenvalue weighted by Crippen LogP contribution is -2.37. The van der Waals surface area contributed by atoms with E-state index in [1.165, 1.54) is 19.3 Å². The molecule has 1 aromatic heterocycles. The zero-order valence-corrected chi connectivity index (χ0v) is 16.7. The van der Waals surface area contributed by atoms with E-state index in [0.717, 1.165) is 43.2 Å². The van der Waals surface area contributed by atoms with Crippen molar-refractivity contribution in [3.05, 3.63) is 23.9 Å². The second-order valence-electron chi connectivity index (χ2n) is 6.69. The van der Waals surface area contributed by atoms with Gasteiger partial charge in [-0.3, -0.25) is 4.99 Å². The number of pyridine rings is 1. The largest absolute Gasteiger partial charge is 0.474 e. The first-order chi connectivity index (χ1) is 13.3. The molecule has 0 amide bonds. The van der Waals surface area contributed by atoms with Gasteiger partial charge in [-0.2, -0.15) is 0 Å². The van der Waals surface area contributed by atoms with E-state index in [0.29, 0.717) is 32.5 Å². The molecule has 2 rings (SSSR count). The van der Waals surface area contributed by atoms with Gasteiger partial charge in [-0.05, 0) is 43.7 Å². The second kappa shape index (κ2) is 13.3. The van der Waals surface area contributed by atoms with Gasteiger partial charge in [0.2, 0.25) is 5.88 Å². The lowest BCUT2D eigenvalue weighted by molar-refractivity contribution is 0.0698. The van der Waals surface area contributed by atoms with E-state index in [4.69, 9.17) is 14.2 Å². The number of hydrogen-bond acceptors (Lipinski definition) is 5. The Morgan fingerprint density at radius 3 is 2.81 bits per heavy atom. The van der Waals surface area contributed by atoms with Gasteiger partial charge < -0.3 is 24.8 Å². The van der Waals surface area contributed by atoms with Crippen LogP contribution in [0.4, 0.5) is 0 Å². The van der Waals surface area contributed by atoms with Crippen molar-refractivity contribution < 1.29 is 14.2 Å². The van der Waals surface area contributed by atoms with Gasteiger partial charge in [-0.25, -0.2) is 4.98 Å². The molecule has 7 nitrogen and oxygen atoms in total. The molecule has 1 aliphatic rings. The molecule has 0 aromatic carbocycles. The molecule has 1 heterocycles. The summed E-state index contributed by atoms with van der Waals surface area (Å²) in [5.41, 5.74) is 1.13. The summed E-state index contributed by atoms with van der Waals surface area (Å²) in [6, 6.07) is 4.01. The molecule has 0 bridgehead atoms. The van der Waals surface area contributed by atoms with Gasteiger partial charge in [-0.1, -0.05) is 6.42 Å². The fourth-order valence-electron chi connectivity index (χ4n) is 3.01. The van der Waals surface area contributed by atoms with Crippen molar-refractivity contribution >= 4 is 5.96 Å². The van der Waals surface area contributed by atoms with E-state index < -0.39 is 0 Å². The molecule has 0 radical (unpaired) electrons. The maximum absolute atomic E-state index is 6.04. The van der Waals surface area contributed by atoms with Crippen LogP contribution in [0.5, 0.6) is 5.88 Å². The number of ether oxygens (including phenoxy) is 3. The maximum Gasteiger partial charge on any atom is 0.213 e. The Bertz CT molecular complexity index is 548. The van der Waals surface area contributed by atoms with Gasteiger partial charge in [-0.15, -0.1) is 0 Å². The number of aromatic nitrogens is 1. The summed E-state index contributed by atoms with van der Waals surface area (Å²) in [4.78, 5) is 8.61. The van der Waals surface area contributed by atoms with Gasteiger partial charge in [0.05, 0.1) is 13.2 Å². The molecule has 0 spiro atoms. The predicted octanol–water partition coefficient (Wildman–Crippen LogP) is 2.51. The number of guanidine groups is 1. The molecular formula is C20H34N4O3. The van der Waals surface area contributed by atoms with E-state index in [9.17, 15) is 0 Å². The number of hydrogen-bond donors (Lipinski definition) is 2. The molecule has 0 unspecified atom stereocenters. The van der Waals surface area contributed by atoms with Crippen molar-refractivity contribution in [2.45, 2.75) is 51.2 Å². The highest BCUT2D eigenvalue weighted by Gasteiger charge is 2.15. The van der Waals surface area contributed by atoms with Crippen LogP contribution in [0.15, 0.2) is 23.3 Å². The van der Waals surface area contributed by atoms with Crippen molar-refractivity contribution in [2.75, 3.05) is 40.5 Å². The van der Waals surface area contributed by atoms with Crippen LogP contribution in [0.2, 0.25) is 0 Å². The van der Waals surface area contributed by atoms with Gasteiger partial charge in [0, 0.05) is 46.1 Å². The van der Waals surface area contributed by atoms with Gasteiger partial charge in [0.15, 0.2) is 5.96 Å². The molecule has 1 saturated carbocycles. The van der Waals surface area contributed by atoms with Crippen LogP contribution in [-0.2, 0) is 16.0 Å². The molecule has 0 aliphatic heterocycles. The van der Waals surface area contributed by atoms with Crippen LogP contribution in [0.3, 0.4) is 0 Å². The van der Waals surface area contributed by atoms with Crippen molar-refractivity contribution in [3.63, 3.8) is 0 Å². The summed E-state index contributed by atoms with van der Waals surface area (Å²) < 4.78 is 16.4. The van der Waals surface area contributed by atoms with Gasteiger partial charge in [0.1, 0.15) is 6.10 Å². The van der Waals surface area contributed by atoms with E-state index in [1.54, 1.807) is 14.2 Å². The lowest BCUT2D eigenvalue weighted by Gasteiger charge is -2.22. The normalized spacial score (nSPS) is 15.6. The lowest BCUT2D eigenvalue weighted by atomic mass is 9.98. The highest BCUT2D eigenvalue weighted by molar-refractivity contribution is 5.79. The molecule has 7 heteroatoms. The van der Waals surface area contributed by atoms with E-state index >= 15 is 0 Å². The fraction of sp³-hybridized carbons (Fsp3) is 0.700. The van der Waals surface area contributed by atoms with Crippen molar-refractivity contribution in [3.8, 4) is 5.88 Å². The zero-order valence-electron chi connectivity index (χ0n) is 16.7. The number of rotatable bonds is 11. The highest BCUT2D eigenvalue weighted by Crippen LogP contribution is 2.22.